The minimum Gasteiger partial charge on any atom is -0.360 e. The predicted molar refractivity (Wildman–Crippen MR) is 81.4 cm³/mol. The second-order valence-corrected chi connectivity index (χ2v) is 5.45. The SMILES string of the molecule is Cc1noc(C(C)C)c1C(=O)Nc1ccc(Cl)c([N+](=O)[O-])c1. The summed E-state index contributed by atoms with van der Waals surface area (Å²) in [6, 6.07) is 4.06. The first-order valence-corrected chi connectivity index (χ1v) is 6.90. The van der Waals surface area contributed by atoms with Crippen LogP contribution in [-0.4, -0.2) is 16.0 Å². The quantitative estimate of drug-likeness (QED) is 0.679. The van der Waals surface area contributed by atoms with Crippen LogP contribution in [-0.2, 0) is 0 Å². The molecule has 0 aliphatic heterocycles. The van der Waals surface area contributed by atoms with Crippen molar-refractivity contribution in [2.24, 2.45) is 0 Å². The molecule has 0 atom stereocenters. The second kappa shape index (κ2) is 6.15. The Morgan fingerprint density at radius 1 is 1.45 bits per heavy atom. The van der Waals surface area contributed by atoms with Crippen LogP contribution in [0.4, 0.5) is 11.4 Å². The lowest BCUT2D eigenvalue weighted by molar-refractivity contribution is -0.384. The molecule has 2 rings (SSSR count). The highest BCUT2D eigenvalue weighted by Gasteiger charge is 2.23. The number of nitro groups is 1. The van der Waals surface area contributed by atoms with E-state index < -0.39 is 10.8 Å². The van der Waals surface area contributed by atoms with Gasteiger partial charge in [-0.05, 0) is 19.1 Å². The molecule has 116 valence electrons. The van der Waals surface area contributed by atoms with Crippen LogP contribution in [0.1, 0.15) is 41.6 Å². The van der Waals surface area contributed by atoms with E-state index in [1.807, 2.05) is 13.8 Å². The minimum absolute atomic E-state index is 0.00651. The Bertz CT molecular complexity index is 740. The summed E-state index contributed by atoms with van der Waals surface area (Å²) in [5, 5.41) is 17.3. The van der Waals surface area contributed by atoms with Crippen LogP contribution in [0.3, 0.4) is 0 Å². The zero-order chi connectivity index (χ0) is 16.4. The molecule has 0 radical (unpaired) electrons. The maximum atomic E-state index is 12.4. The summed E-state index contributed by atoms with van der Waals surface area (Å²) in [6.45, 7) is 5.42. The van der Waals surface area contributed by atoms with E-state index in [0.29, 0.717) is 17.0 Å². The zero-order valence-corrected chi connectivity index (χ0v) is 13.0. The highest BCUT2D eigenvalue weighted by molar-refractivity contribution is 6.32. The molecule has 22 heavy (non-hydrogen) atoms. The van der Waals surface area contributed by atoms with Crippen molar-refractivity contribution in [2.75, 3.05) is 5.32 Å². The molecule has 0 fully saturated rings. The number of benzene rings is 1. The van der Waals surface area contributed by atoms with Gasteiger partial charge in [-0.1, -0.05) is 30.6 Å². The Hall–Kier alpha value is -2.41. The number of nitro benzene ring substituents is 1. The summed E-state index contributed by atoms with van der Waals surface area (Å²) in [7, 11) is 0. The van der Waals surface area contributed by atoms with Gasteiger partial charge in [0.15, 0.2) is 5.76 Å². The Morgan fingerprint density at radius 3 is 2.73 bits per heavy atom. The molecule has 0 aliphatic rings. The molecule has 0 saturated carbocycles. The van der Waals surface area contributed by atoms with E-state index in [2.05, 4.69) is 10.5 Å². The lowest BCUT2D eigenvalue weighted by Crippen LogP contribution is -2.15. The maximum Gasteiger partial charge on any atom is 0.289 e. The van der Waals surface area contributed by atoms with E-state index in [0.717, 1.165) is 0 Å². The van der Waals surface area contributed by atoms with Crippen molar-refractivity contribution < 1.29 is 14.2 Å². The van der Waals surface area contributed by atoms with Gasteiger partial charge in [0.2, 0.25) is 0 Å². The average molecular weight is 324 g/mol. The Kier molecular flexibility index (Phi) is 4.46. The van der Waals surface area contributed by atoms with Crippen LogP contribution in [0, 0.1) is 17.0 Å². The normalized spacial score (nSPS) is 10.8. The van der Waals surface area contributed by atoms with E-state index in [1.165, 1.54) is 18.2 Å². The standard InChI is InChI=1S/C14H14ClN3O4/c1-7(2)13-12(8(3)17-22-13)14(19)16-9-4-5-10(15)11(6-9)18(20)21/h4-7H,1-3H3,(H,16,19). The predicted octanol–water partition coefficient (Wildman–Crippen LogP) is 3.92. The first-order valence-electron chi connectivity index (χ1n) is 6.52. The first kappa shape index (κ1) is 16.0. The van der Waals surface area contributed by atoms with E-state index in [1.54, 1.807) is 6.92 Å². The monoisotopic (exact) mass is 323 g/mol. The summed E-state index contributed by atoms with van der Waals surface area (Å²) in [5.74, 6) is 0.0269. The number of carbonyl (C=O) groups excluding carboxylic acids is 1. The Morgan fingerprint density at radius 2 is 2.14 bits per heavy atom. The van der Waals surface area contributed by atoms with Gasteiger partial charge in [-0.25, -0.2) is 0 Å². The number of anilines is 1. The van der Waals surface area contributed by atoms with Gasteiger partial charge < -0.3 is 9.84 Å². The fraction of sp³-hybridized carbons (Fsp3) is 0.286. The molecule has 2 aromatic rings. The number of hydrogen-bond donors (Lipinski definition) is 1. The molecule has 1 N–H and O–H groups in total. The fourth-order valence-electron chi connectivity index (χ4n) is 1.98. The number of nitrogens with one attached hydrogen (secondary N) is 1. The molecule has 0 unspecified atom stereocenters. The molecule has 1 aromatic carbocycles. The third-order valence-electron chi connectivity index (χ3n) is 3.04. The number of nitrogens with zero attached hydrogens (tertiary/aromatic N) is 2. The molecule has 1 heterocycles. The van der Waals surface area contributed by atoms with Crippen molar-refractivity contribution in [1.82, 2.24) is 5.16 Å². The minimum atomic E-state index is -0.609. The van der Waals surface area contributed by atoms with E-state index in [4.69, 9.17) is 16.1 Å². The highest BCUT2D eigenvalue weighted by Crippen LogP contribution is 2.28. The van der Waals surface area contributed by atoms with Gasteiger partial charge in [-0.3, -0.25) is 14.9 Å². The van der Waals surface area contributed by atoms with E-state index in [-0.39, 0.29) is 22.3 Å². The van der Waals surface area contributed by atoms with Gasteiger partial charge in [0.1, 0.15) is 10.6 Å². The summed E-state index contributed by atoms with van der Waals surface area (Å²) < 4.78 is 5.16. The molecule has 0 saturated heterocycles. The van der Waals surface area contributed by atoms with Gasteiger partial charge in [-0.15, -0.1) is 0 Å². The maximum absolute atomic E-state index is 12.4. The fourth-order valence-corrected chi connectivity index (χ4v) is 2.17. The number of halogens is 1. The van der Waals surface area contributed by atoms with Crippen LogP contribution in [0.2, 0.25) is 5.02 Å². The van der Waals surface area contributed by atoms with Crippen molar-refractivity contribution in [3.05, 3.63) is 50.4 Å². The molecule has 0 bridgehead atoms. The lowest BCUT2D eigenvalue weighted by atomic mass is 10.0. The molecular weight excluding hydrogens is 310 g/mol. The molecule has 0 aliphatic carbocycles. The molecule has 0 spiro atoms. The number of hydrogen-bond acceptors (Lipinski definition) is 5. The lowest BCUT2D eigenvalue weighted by Gasteiger charge is -2.07. The van der Waals surface area contributed by atoms with Gasteiger partial charge >= 0.3 is 0 Å². The zero-order valence-electron chi connectivity index (χ0n) is 12.2. The van der Waals surface area contributed by atoms with Crippen LogP contribution >= 0.6 is 11.6 Å². The van der Waals surface area contributed by atoms with Crippen LogP contribution in [0.5, 0.6) is 0 Å². The Labute approximate surface area is 131 Å². The van der Waals surface area contributed by atoms with Gasteiger partial charge in [0.05, 0.1) is 10.6 Å². The van der Waals surface area contributed by atoms with Crippen molar-refractivity contribution in [3.63, 3.8) is 0 Å². The highest BCUT2D eigenvalue weighted by atomic mass is 35.5. The largest absolute Gasteiger partial charge is 0.360 e. The molecular formula is C14H14ClN3O4. The van der Waals surface area contributed by atoms with Crippen LogP contribution < -0.4 is 5.32 Å². The van der Waals surface area contributed by atoms with Crippen LogP contribution in [0.25, 0.3) is 0 Å². The summed E-state index contributed by atoms with van der Waals surface area (Å²) >= 11 is 5.74. The number of amides is 1. The second-order valence-electron chi connectivity index (χ2n) is 5.04. The van der Waals surface area contributed by atoms with Crippen molar-refractivity contribution in [3.8, 4) is 0 Å². The molecule has 1 amide bonds. The number of carbonyl (C=O) groups is 1. The Balaban J connectivity index is 2.32. The van der Waals surface area contributed by atoms with Gasteiger partial charge in [0.25, 0.3) is 11.6 Å². The van der Waals surface area contributed by atoms with E-state index >= 15 is 0 Å². The average Bonchev–Trinajstić information content (AvgIpc) is 2.82. The van der Waals surface area contributed by atoms with Crippen molar-refractivity contribution in [2.45, 2.75) is 26.7 Å². The summed E-state index contributed by atoms with van der Waals surface area (Å²) in [5.41, 5.74) is 0.805. The molecule has 1 aromatic heterocycles. The third kappa shape index (κ3) is 3.09. The molecule has 8 heteroatoms. The summed E-state index contributed by atoms with van der Waals surface area (Å²) in [6.07, 6.45) is 0. The number of aromatic nitrogens is 1. The number of rotatable bonds is 4. The summed E-state index contributed by atoms with van der Waals surface area (Å²) in [4.78, 5) is 22.6. The van der Waals surface area contributed by atoms with Crippen molar-refractivity contribution in [1.29, 1.82) is 0 Å². The molecule has 7 nitrogen and oxygen atoms in total. The third-order valence-corrected chi connectivity index (χ3v) is 3.36. The topological polar surface area (TPSA) is 98.3 Å². The first-order chi connectivity index (χ1) is 10.3. The van der Waals surface area contributed by atoms with E-state index in [9.17, 15) is 14.9 Å². The van der Waals surface area contributed by atoms with Gasteiger partial charge in [-0.2, -0.15) is 0 Å². The van der Waals surface area contributed by atoms with Crippen molar-refractivity contribution >= 4 is 28.9 Å². The van der Waals surface area contributed by atoms with Crippen LogP contribution in [0.15, 0.2) is 22.7 Å². The smallest absolute Gasteiger partial charge is 0.289 e. The number of aryl methyl sites for hydroxylation is 1. The van der Waals surface area contributed by atoms with Gasteiger partial charge in [0, 0.05) is 17.7 Å².